The number of hydrazine groups is 1. The number of nitrogens with zero attached hydrogens (tertiary/aromatic N) is 3. The van der Waals surface area contributed by atoms with E-state index in [1.54, 1.807) is 4.90 Å². The van der Waals surface area contributed by atoms with Crippen LogP contribution in [0.15, 0.2) is 0 Å². The largest absolute Gasteiger partial charge is 0.343 e. The number of hydrogen-bond donors (Lipinski definition) is 0. The van der Waals surface area contributed by atoms with Crippen LogP contribution in [0.1, 0.15) is 32.1 Å². The van der Waals surface area contributed by atoms with E-state index in [1.807, 2.05) is 5.01 Å². The first-order valence-electron chi connectivity index (χ1n) is 6.53. The zero-order chi connectivity index (χ0) is 12.1. The van der Waals surface area contributed by atoms with Gasteiger partial charge in [-0.15, -0.1) is 0 Å². The molecule has 1 saturated heterocycles. The topological polar surface area (TPSA) is 43.9 Å². The summed E-state index contributed by atoms with van der Waals surface area (Å²) >= 11 is 0. The van der Waals surface area contributed by atoms with Crippen molar-refractivity contribution in [3.63, 3.8) is 0 Å². The lowest BCUT2D eigenvalue weighted by Crippen LogP contribution is -2.56. The van der Waals surface area contributed by atoms with Crippen LogP contribution >= 0.6 is 0 Å². The molecule has 0 aromatic heterocycles. The van der Waals surface area contributed by atoms with Gasteiger partial charge < -0.3 is 4.90 Å². The average Bonchev–Trinajstić information content (AvgIpc) is 2.42. The Bertz CT molecular complexity index is 258. The first kappa shape index (κ1) is 12.4. The van der Waals surface area contributed by atoms with Crippen LogP contribution in [0.25, 0.3) is 0 Å². The molecule has 0 aromatic rings. The van der Waals surface area contributed by atoms with Gasteiger partial charge in [-0.05, 0) is 12.8 Å². The molecule has 0 spiro atoms. The standard InChI is InChI=1S/C12H21N3O2/c16-10-13-6-8-14(9-7-13)15(11-17)12-4-2-1-3-5-12/h10-12H,1-9H2. The van der Waals surface area contributed by atoms with Crippen LogP contribution in [0, 0.1) is 0 Å². The summed E-state index contributed by atoms with van der Waals surface area (Å²) in [5.74, 6) is 0. The van der Waals surface area contributed by atoms with Gasteiger partial charge in [-0.25, -0.2) is 5.01 Å². The van der Waals surface area contributed by atoms with Gasteiger partial charge in [0.2, 0.25) is 12.8 Å². The van der Waals surface area contributed by atoms with Gasteiger partial charge >= 0.3 is 0 Å². The lowest BCUT2D eigenvalue weighted by atomic mass is 9.95. The van der Waals surface area contributed by atoms with Gasteiger partial charge in [-0.2, -0.15) is 0 Å². The summed E-state index contributed by atoms with van der Waals surface area (Å²) in [5, 5.41) is 3.98. The highest BCUT2D eigenvalue weighted by atomic mass is 16.2. The van der Waals surface area contributed by atoms with E-state index < -0.39 is 0 Å². The normalized spacial score (nSPS) is 23.4. The molecule has 0 atom stereocenters. The summed E-state index contributed by atoms with van der Waals surface area (Å²) in [6, 6.07) is 0.379. The molecule has 1 aliphatic carbocycles. The number of carbonyl (C=O) groups is 2. The monoisotopic (exact) mass is 239 g/mol. The number of carbonyl (C=O) groups excluding carboxylic acids is 2. The van der Waals surface area contributed by atoms with Crippen molar-refractivity contribution in [2.75, 3.05) is 26.2 Å². The molecule has 1 heterocycles. The van der Waals surface area contributed by atoms with E-state index in [2.05, 4.69) is 5.01 Å². The molecule has 17 heavy (non-hydrogen) atoms. The molecule has 0 radical (unpaired) electrons. The quantitative estimate of drug-likeness (QED) is 0.670. The summed E-state index contributed by atoms with van der Waals surface area (Å²) < 4.78 is 0. The van der Waals surface area contributed by atoms with Crippen molar-refractivity contribution < 1.29 is 9.59 Å². The Morgan fingerprint density at radius 2 is 1.59 bits per heavy atom. The molecule has 2 rings (SSSR count). The van der Waals surface area contributed by atoms with Crippen molar-refractivity contribution in [3.8, 4) is 0 Å². The zero-order valence-electron chi connectivity index (χ0n) is 10.3. The molecular formula is C12H21N3O2. The van der Waals surface area contributed by atoms with Crippen molar-refractivity contribution >= 4 is 12.8 Å². The van der Waals surface area contributed by atoms with Crippen LogP contribution in [0.3, 0.4) is 0 Å². The van der Waals surface area contributed by atoms with E-state index in [9.17, 15) is 9.59 Å². The maximum absolute atomic E-state index is 11.3. The Hall–Kier alpha value is -1.10. The SMILES string of the molecule is O=CN1CCN(N(C=O)C2CCCCC2)CC1. The van der Waals surface area contributed by atoms with Gasteiger partial charge in [-0.3, -0.25) is 14.6 Å². The Kier molecular flexibility index (Phi) is 4.36. The van der Waals surface area contributed by atoms with E-state index in [0.29, 0.717) is 6.04 Å². The predicted molar refractivity (Wildman–Crippen MR) is 64.0 cm³/mol. The molecule has 1 saturated carbocycles. The summed E-state index contributed by atoms with van der Waals surface area (Å²) in [6.07, 6.45) is 7.84. The Balaban J connectivity index is 1.89. The maximum atomic E-state index is 11.3. The van der Waals surface area contributed by atoms with E-state index in [0.717, 1.165) is 51.8 Å². The fraction of sp³-hybridized carbons (Fsp3) is 0.833. The van der Waals surface area contributed by atoms with E-state index in [1.165, 1.54) is 19.3 Å². The van der Waals surface area contributed by atoms with Crippen LogP contribution in [0.5, 0.6) is 0 Å². The van der Waals surface area contributed by atoms with Gasteiger partial charge in [0.15, 0.2) is 0 Å². The first-order chi connectivity index (χ1) is 8.35. The van der Waals surface area contributed by atoms with Crippen molar-refractivity contribution in [1.82, 2.24) is 14.9 Å². The van der Waals surface area contributed by atoms with Gasteiger partial charge in [0.05, 0.1) is 0 Å². The fourth-order valence-electron chi connectivity index (χ4n) is 2.78. The van der Waals surface area contributed by atoms with Gasteiger partial charge in [-0.1, -0.05) is 19.3 Å². The fourth-order valence-corrected chi connectivity index (χ4v) is 2.78. The number of rotatable bonds is 4. The van der Waals surface area contributed by atoms with Gasteiger partial charge in [0.1, 0.15) is 0 Å². The summed E-state index contributed by atoms with van der Waals surface area (Å²) in [4.78, 5) is 23.7. The molecule has 1 aliphatic heterocycles. The molecule has 0 unspecified atom stereocenters. The molecule has 96 valence electrons. The lowest BCUT2D eigenvalue weighted by Gasteiger charge is -2.43. The van der Waals surface area contributed by atoms with Crippen LogP contribution in [0.4, 0.5) is 0 Å². The third kappa shape index (κ3) is 2.97. The highest BCUT2D eigenvalue weighted by Gasteiger charge is 2.27. The molecule has 5 heteroatoms. The Morgan fingerprint density at radius 3 is 2.12 bits per heavy atom. The molecule has 2 fully saturated rings. The average molecular weight is 239 g/mol. The maximum Gasteiger partial charge on any atom is 0.224 e. The highest BCUT2D eigenvalue weighted by Crippen LogP contribution is 2.23. The smallest absolute Gasteiger partial charge is 0.224 e. The third-order valence-corrected chi connectivity index (χ3v) is 3.82. The summed E-state index contributed by atoms with van der Waals surface area (Å²) in [5.41, 5.74) is 0. The molecular weight excluding hydrogens is 218 g/mol. The van der Waals surface area contributed by atoms with Crippen LogP contribution < -0.4 is 0 Å². The molecule has 5 nitrogen and oxygen atoms in total. The second-order valence-electron chi connectivity index (χ2n) is 4.87. The van der Waals surface area contributed by atoms with Crippen LogP contribution in [-0.4, -0.2) is 60.0 Å². The van der Waals surface area contributed by atoms with Crippen molar-refractivity contribution in [2.24, 2.45) is 0 Å². The molecule has 2 amide bonds. The molecule has 0 N–H and O–H groups in total. The van der Waals surface area contributed by atoms with E-state index in [-0.39, 0.29) is 0 Å². The summed E-state index contributed by atoms with van der Waals surface area (Å²) in [6.45, 7) is 2.99. The van der Waals surface area contributed by atoms with Gasteiger partial charge in [0.25, 0.3) is 0 Å². The summed E-state index contributed by atoms with van der Waals surface area (Å²) in [7, 11) is 0. The van der Waals surface area contributed by atoms with E-state index >= 15 is 0 Å². The van der Waals surface area contributed by atoms with Crippen LogP contribution in [-0.2, 0) is 9.59 Å². The van der Waals surface area contributed by atoms with Crippen molar-refractivity contribution in [1.29, 1.82) is 0 Å². The zero-order valence-corrected chi connectivity index (χ0v) is 10.3. The Labute approximate surface area is 102 Å². The third-order valence-electron chi connectivity index (χ3n) is 3.82. The number of piperazine rings is 1. The minimum Gasteiger partial charge on any atom is -0.343 e. The molecule has 0 bridgehead atoms. The molecule has 2 aliphatic rings. The second-order valence-corrected chi connectivity index (χ2v) is 4.87. The lowest BCUT2D eigenvalue weighted by molar-refractivity contribution is -0.148. The minimum atomic E-state index is 0.379. The minimum absolute atomic E-state index is 0.379. The van der Waals surface area contributed by atoms with Crippen LogP contribution in [0.2, 0.25) is 0 Å². The predicted octanol–water partition coefficient (Wildman–Crippen LogP) is 0.466. The van der Waals surface area contributed by atoms with Crippen molar-refractivity contribution in [3.05, 3.63) is 0 Å². The number of hydrogen-bond acceptors (Lipinski definition) is 3. The number of amides is 2. The van der Waals surface area contributed by atoms with Gasteiger partial charge in [0, 0.05) is 32.2 Å². The highest BCUT2D eigenvalue weighted by molar-refractivity contribution is 5.48. The van der Waals surface area contributed by atoms with E-state index in [4.69, 9.17) is 0 Å². The molecule has 0 aromatic carbocycles. The first-order valence-corrected chi connectivity index (χ1v) is 6.53. The second kappa shape index (κ2) is 6.00. The van der Waals surface area contributed by atoms with Crippen molar-refractivity contribution in [2.45, 2.75) is 38.1 Å². The Morgan fingerprint density at radius 1 is 0.941 bits per heavy atom.